The van der Waals surface area contributed by atoms with Gasteiger partial charge in [0.05, 0.1) is 0 Å². The standard InChI is InChI=1S/C53H102O6/c1-6-7-8-9-10-21-28-33-38-43-51(54)57-46-50(59-53(56)45-40-35-30-25-20-16-15-18-23-27-32-37-42-49(4)5)47-58-52(55)44-39-34-29-24-19-14-12-11-13-17-22-26-31-36-41-48(2)3/h48-50H,6-47H2,1-5H3/t50-/m1/s1. The number of carbonyl (C=O) groups is 3. The van der Waals surface area contributed by atoms with Gasteiger partial charge in [0.15, 0.2) is 6.10 Å². The third-order valence-corrected chi connectivity index (χ3v) is 12.0. The van der Waals surface area contributed by atoms with E-state index < -0.39 is 6.10 Å². The first-order chi connectivity index (χ1) is 28.7. The van der Waals surface area contributed by atoms with Gasteiger partial charge in [-0.05, 0) is 31.1 Å². The summed E-state index contributed by atoms with van der Waals surface area (Å²) in [7, 11) is 0. The molecule has 1 atom stereocenters. The molecule has 0 saturated carbocycles. The summed E-state index contributed by atoms with van der Waals surface area (Å²) in [6.45, 7) is 11.4. The van der Waals surface area contributed by atoms with Crippen molar-refractivity contribution >= 4 is 17.9 Å². The van der Waals surface area contributed by atoms with Crippen LogP contribution in [0.15, 0.2) is 0 Å². The van der Waals surface area contributed by atoms with Gasteiger partial charge in [0.2, 0.25) is 0 Å². The molecule has 0 saturated heterocycles. The van der Waals surface area contributed by atoms with Gasteiger partial charge in [-0.25, -0.2) is 0 Å². The van der Waals surface area contributed by atoms with Gasteiger partial charge in [-0.3, -0.25) is 14.4 Å². The molecule has 0 aliphatic rings. The summed E-state index contributed by atoms with van der Waals surface area (Å²) in [5.74, 6) is 0.828. The van der Waals surface area contributed by atoms with Crippen LogP contribution in [-0.2, 0) is 28.6 Å². The van der Waals surface area contributed by atoms with Crippen molar-refractivity contribution in [2.24, 2.45) is 11.8 Å². The second-order valence-electron chi connectivity index (χ2n) is 19.1. The lowest BCUT2D eigenvalue weighted by Crippen LogP contribution is -2.30. The number of esters is 3. The molecule has 0 bridgehead atoms. The molecular weight excluding hydrogens is 733 g/mol. The Balaban J connectivity index is 4.25. The van der Waals surface area contributed by atoms with Crippen LogP contribution in [-0.4, -0.2) is 37.2 Å². The Hall–Kier alpha value is -1.59. The Morgan fingerprint density at radius 2 is 0.559 bits per heavy atom. The topological polar surface area (TPSA) is 78.9 Å². The zero-order valence-corrected chi connectivity index (χ0v) is 40.4. The quantitative estimate of drug-likeness (QED) is 0.0345. The molecule has 0 radical (unpaired) electrons. The maximum Gasteiger partial charge on any atom is 0.306 e. The molecule has 0 unspecified atom stereocenters. The molecule has 0 aliphatic heterocycles. The molecule has 0 aromatic heterocycles. The van der Waals surface area contributed by atoms with Gasteiger partial charge in [-0.2, -0.15) is 0 Å². The highest BCUT2D eigenvalue weighted by Crippen LogP contribution is 2.17. The summed E-state index contributed by atoms with van der Waals surface area (Å²) in [5, 5.41) is 0. The van der Waals surface area contributed by atoms with Crippen molar-refractivity contribution in [3.05, 3.63) is 0 Å². The third-order valence-electron chi connectivity index (χ3n) is 12.0. The number of rotatable bonds is 47. The van der Waals surface area contributed by atoms with Gasteiger partial charge in [0, 0.05) is 19.3 Å². The van der Waals surface area contributed by atoms with Crippen molar-refractivity contribution < 1.29 is 28.6 Å². The molecule has 350 valence electrons. The molecule has 0 aliphatic carbocycles. The zero-order valence-electron chi connectivity index (χ0n) is 40.4. The van der Waals surface area contributed by atoms with Gasteiger partial charge in [-0.1, -0.05) is 253 Å². The molecular formula is C53H102O6. The number of ether oxygens (including phenoxy) is 3. The van der Waals surface area contributed by atoms with E-state index in [1.165, 1.54) is 180 Å². The van der Waals surface area contributed by atoms with Gasteiger partial charge in [0.1, 0.15) is 13.2 Å². The predicted octanol–water partition coefficient (Wildman–Crippen LogP) is 16.9. The normalized spacial score (nSPS) is 12.1. The minimum Gasteiger partial charge on any atom is -0.462 e. The molecule has 0 rings (SSSR count). The number of hydrogen-bond donors (Lipinski definition) is 0. The molecule has 0 aromatic rings. The first kappa shape index (κ1) is 57.4. The predicted molar refractivity (Wildman–Crippen MR) is 252 cm³/mol. The molecule has 0 heterocycles. The Kier molecular flexibility index (Phi) is 44.7. The van der Waals surface area contributed by atoms with E-state index in [1.54, 1.807) is 0 Å². The monoisotopic (exact) mass is 835 g/mol. The smallest absolute Gasteiger partial charge is 0.306 e. The average molecular weight is 835 g/mol. The maximum absolute atomic E-state index is 12.8. The van der Waals surface area contributed by atoms with Crippen LogP contribution in [0.4, 0.5) is 0 Å². The summed E-state index contributed by atoms with van der Waals surface area (Å²) in [6.07, 6.45) is 46.6. The lowest BCUT2D eigenvalue weighted by molar-refractivity contribution is -0.167. The second-order valence-corrected chi connectivity index (χ2v) is 19.1. The van der Waals surface area contributed by atoms with Crippen molar-refractivity contribution in [3.8, 4) is 0 Å². The molecule has 0 aromatic carbocycles. The van der Waals surface area contributed by atoms with E-state index in [4.69, 9.17) is 14.2 Å². The number of carbonyl (C=O) groups excluding carboxylic acids is 3. The van der Waals surface area contributed by atoms with Crippen LogP contribution < -0.4 is 0 Å². The van der Waals surface area contributed by atoms with Crippen molar-refractivity contribution in [1.82, 2.24) is 0 Å². The van der Waals surface area contributed by atoms with Crippen LogP contribution in [0.5, 0.6) is 0 Å². The van der Waals surface area contributed by atoms with Crippen LogP contribution in [0.25, 0.3) is 0 Å². The van der Waals surface area contributed by atoms with Crippen molar-refractivity contribution in [1.29, 1.82) is 0 Å². The van der Waals surface area contributed by atoms with Gasteiger partial charge >= 0.3 is 17.9 Å². The first-order valence-electron chi connectivity index (χ1n) is 26.2. The van der Waals surface area contributed by atoms with E-state index in [0.29, 0.717) is 19.3 Å². The third kappa shape index (κ3) is 47.3. The summed E-state index contributed by atoms with van der Waals surface area (Å²) >= 11 is 0. The fraction of sp³-hybridized carbons (Fsp3) is 0.943. The highest BCUT2D eigenvalue weighted by Gasteiger charge is 2.19. The molecule has 59 heavy (non-hydrogen) atoms. The van der Waals surface area contributed by atoms with Gasteiger partial charge in [0.25, 0.3) is 0 Å². The Morgan fingerprint density at radius 1 is 0.322 bits per heavy atom. The Morgan fingerprint density at radius 3 is 0.831 bits per heavy atom. The highest BCUT2D eigenvalue weighted by molar-refractivity contribution is 5.71. The fourth-order valence-electron chi connectivity index (χ4n) is 7.99. The SMILES string of the molecule is CCCCCCCCCCCC(=O)OC[C@H](COC(=O)CCCCCCCCCCCCCCCCC(C)C)OC(=O)CCCCCCCCCCCCCCC(C)C. The average Bonchev–Trinajstić information content (AvgIpc) is 3.20. The minimum atomic E-state index is -0.761. The zero-order chi connectivity index (χ0) is 43.3. The number of hydrogen-bond acceptors (Lipinski definition) is 6. The van der Waals surface area contributed by atoms with E-state index in [1.807, 2.05) is 0 Å². The van der Waals surface area contributed by atoms with E-state index in [2.05, 4.69) is 34.6 Å². The Labute approximate surface area is 368 Å². The molecule has 0 spiro atoms. The van der Waals surface area contributed by atoms with Crippen LogP contribution in [0.3, 0.4) is 0 Å². The van der Waals surface area contributed by atoms with Crippen LogP contribution >= 0.6 is 0 Å². The second kappa shape index (κ2) is 45.9. The van der Waals surface area contributed by atoms with E-state index in [-0.39, 0.29) is 31.1 Å². The maximum atomic E-state index is 12.8. The summed E-state index contributed by atoms with van der Waals surface area (Å²) in [6, 6.07) is 0. The summed E-state index contributed by atoms with van der Waals surface area (Å²) in [4.78, 5) is 37.9. The van der Waals surface area contributed by atoms with Crippen LogP contribution in [0, 0.1) is 11.8 Å². The molecule has 0 N–H and O–H groups in total. The fourth-order valence-corrected chi connectivity index (χ4v) is 7.99. The highest BCUT2D eigenvalue weighted by atomic mass is 16.6. The van der Waals surface area contributed by atoms with E-state index in [0.717, 1.165) is 69.6 Å². The van der Waals surface area contributed by atoms with Crippen molar-refractivity contribution in [2.75, 3.05) is 13.2 Å². The van der Waals surface area contributed by atoms with Gasteiger partial charge < -0.3 is 14.2 Å². The van der Waals surface area contributed by atoms with Crippen molar-refractivity contribution in [3.63, 3.8) is 0 Å². The minimum absolute atomic E-state index is 0.0635. The van der Waals surface area contributed by atoms with Gasteiger partial charge in [-0.15, -0.1) is 0 Å². The lowest BCUT2D eigenvalue weighted by Gasteiger charge is -2.18. The molecule has 0 amide bonds. The van der Waals surface area contributed by atoms with Crippen molar-refractivity contribution in [2.45, 2.75) is 298 Å². The summed E-state index contributed by atoms with van der Waals surface area (Å²) < 4.78 is 16.8. The summed E-state index contributed by atoms with van der Waals surface area (Å²) in [5.41, 5.74) is 0. The lowest BCUT2D eigenvalue weighted by atomic mass is 10.0. The van der Waals surface area contributed by atoms with Crippen LogP contribution in [0.1, 0.15) is 291 Å². The van der Waals surface area contributed by atoms with Crippen LogP contribution in [0.2, 0.25) is 0 Å². The van der Waals surface area contributed by atoms with E-state index >= 15 is 0 Å². The first-order valence-corrected chi connectivity index (χ1v) is 26.2. The Bertz CT molecular complexity index is 900. The largest absolute Gasteiger partial charge is 0.462 e. The number of unbranched alkanes of at least 4 members (excludes halogenated alkanes) is 32. The molecule has 6 heteroatoms. The molecule has 0 fully saturated rings. The molecule has 6 nitrogen and oxygen atoms in total. The van der Waals surface area contributed by atoms with E-state index in [9.17, 15) is 14.4 Å².